The van der Waals surface area contributed by atoms with Crippen LogP contribution in [0.5, 0.6) is 5.75 Å². The summed E-state index contributed by atoms with van der Waals surface area (Å²) >= 11 is 0. The maximum absolute atomic E-state index is 13.9. The molecule has 1 fully saturated rings. The number of H-pyrrole nitrogens is 1. The molecule has 1 aromatic carbocycles. The summed E-state index contributed by atoms with van der Waals surface area (Å²) in [5.41, 5.74) is 11.4. The number of phenols is 1. The van der Waals surface area contributed by atoms with Crippen LogP contribution in [0.3, 0.4) is 0 Å². The Morgan fingerprint density at radius 2 is 1.60 bits per heavy atom. The number of carbonyl (C=O) groups excluding carboxylic acids is 7. The van der Waals surface area contributed by atoms with Crippen molar-refractivity contribution >= 4 is 41.4 Å². The molecule has 0 aliphatic carbocycles. The number of aromatic nitrogens is 2. The number of carbonyl (C=O) groups is 7. The van der Waals surface area contributed by atoms with Gasteiger partial charge in [-0.25, -0.2) is 4.98 Å². The average Bonchev–Trinajstić information content (AvgIpc) is 3.71. The van der Waals surface area contributed by atoms with E-state index in [9.17, 15) is 43.8 Å². The summed E-state index contributed by atoms with van der Waals surface area (Å²) < 4.78 is 0. The molecule has 2 heterocycles. The third kappa shape index (κ3) is 10.5. The molecule has 18 nitrogen and oxygen atoms in total. The van der Waals surface area contributed by atoms with E-state index in [2.05, 4.69) is 31.2 Å². The first-order valence-electron chi connectivity index (χ1n) is 14.7. The fraction of sp³-hybridized carbons (Fsp3) is 0.448. The van der Waals surface area contributed by atoms with Crippen LogP contribution in [0, 0.1) is 0 Å². The average molecular weight is 658 g/mol. The Bertz CT molecular complexity index is 1450. The van der Waals surface area contributed by atoms with Gasteiger partial charge in [-0.15, -0.1) is 0 Å². The zero-order chi connectivity index (χ0) is 34.7. The second-order valence-corrected chi connectivity index (χ2v) is 11.0. The van der Waals surface area contributed by atoms with Crippen LogP contribution in [0.2, 0.25) is 0 Å². The lowest BCUT2D eigenvalue weighted by atomic mass is 10.0. The van der Waals surface area contributed by atoms with Crippen LogP contribution >= 0.6 is 0 Å². The molecule has 18 heteroatoms. The van der Waals surface area contributed by atoms with Gasteiger partial charge in [-0.1, -0.05) is 12.1 Å². The molecule has 0 spiro atoms. The van der Waals surface area contributed by atoms with Crippen molar-refractivity contribution in [3.63, 3.8) is 0 Å². The molecule has 0 saturated carbocycles. The van der Waals surface area contributed by atoms with Crippen molar-refractivity contribution in [1.82, 2.24) is 36.1 Å². The van der Waals surface area contributed by atoms with Crippen molar-refractivity contribution in [2.75, 3.05) is 13.2 Å². The van der Waals surface area contributed by atoms with Gasteiger partial charge in [0.25, 0.3) is 0 Å². The second-order valence-electron chi connectivity index (χ2n) is 11.0. The number of nitrogens with one attached hydrogen (secondary N) is 5. The normalized spacial score (nSPS) is 16.6. The quantitative estimate of drug-likeness (QED) is 0.0848. The van der Waals surface area contributed by atoms with Gasteiger partial charge in [0.15, 0.2) is 0 Å². The number of aliphatic hydroxyl groups is 1. The molecule has 1 aliphatic heterocycles. The lowest BCUT2D eigenvalue weighted by Gasteiger charge is -2.30. The molecule has 47 heavy (non-hydrogen) atoms. The fourth-order valence-electron chi connectivity index (χ4n) is 5.07. The van der Waals surface area contributed by atoms with Gasteiger partial charge in [-0.05, 0) is 30.5 Å². The van der Waals surface area contributed by atoms with Gasteiger partial charge in [0.1, 0.15) is 36.0 Å². The maximum atomic E-state index is 13.9. The number of benzene rings is 1. The summed E-state index contributed by atoms with van der Waals surface area (Å²) in [6.07, 6.45) is 2.86. The van der Waals surface area contributed by atoms with Crippen molar-refractivity contribution in [2.24, 2.45) is 11.5 Å². The number of aliphatic hydroxyl groups excluding tert-OH is 1. The summed E-state index contributed by atoms with van der Waals surface area (Å²) in [7, 11) is 0. The van der Waals surface area contributed by atoms with Crippen LogP contribution in [0.1, 0.15) is 37.4 Å². The number of imidazole rings is 1. The van der Waals surface area contributed by atoms with Crippen molar-refractivity contribution < 1.29 is 43.8 Å². The van der Waals surface area contributed by atoms with Crippen LogP contribution in [-0.2, 0) is 46.4 Å². The van der Waals surface area contributed by atoms with E-state index < -0.39 is 84.6 Å². The van der Waals surface area contributed by atoms with Gasteiger partial charge in [-0.3, -0.25) is 33.6 Å². The van der Waals surface area contributed by atoms with Crippen molar-refractivity contribution in [3.8, 4) is 5.75 Å². The van der Waals surface area contributed by atoms with Crippen LogP contribution in [0.25, 0.3) is 0 Å². The molecular weight excluding hydrogens is 618 g/mol. The molecule has 2 aromatic rings. The number of primary amides is 2. The number of nitrogens with two attached hydrogens (primary N) is 2. The molecule has 7 amide bonds. The first-order chi connectivity index (χ1) is 22.3. The number of rotatable bonds is 16. The molecule has 1 aromatic heterocycles. The highest BCUT2D eigenvalue weighted by Crippen LogP contribution is 2.20. The molecule has 0 unspecified atom stereocenters. The number of nitrogens with zero attached hydrogens (tertiary/aromatic N) is 2. The lowest BCUT2D eigenvalue weighted by molar-refractivity contribution is -0.142. The van der Waals surface area contributed by atoms with Gasteiger partial charge in [0.2, 0.25) is 41.4 Å². The largest absolute Gasteiger partial charge is 0.508 e. The lowest BCUT2D eigenvalue weighted by Crippen LogP contribution is -2.60. The van der Waals surface area contributed by atoms with Gasteiger partial charge < -0.3 is 52.8 Å². The Morgan fingerprint density at radius 3 is 2.17 bits per heavy atom. The maximum Gasteiger partial charge on any atom is 0.246 e. The first-order valence-corrected chi connectivity index (χ1v) is 14.7. The third-order valence-electron chi connectivity index (χ3n) is 7.38. The van der Waals surface area contributed by atoms with E-state index in [4.69, 9.17) is 11.5 Å². The summed E-state index contributed by atoms with van der Waals surface area (Å²) in [6.45, 7) is 0.487. The van der Waals surface area contributed by atoms with Gasteiger partial charge in [0.05, 0.1) is 19.4 Å². The molecule has 1 saturated heterocycles. The van der Waals surface area contributed by atoms with E-state index in [0.717, 1.165) is 0 Å². The van der Waals surface area contributed by atoms with Crippen LogP contribution in [0.4, 0.5) is 0 Å². The number of likely N-dealkylation sites (tertiary alicyclic amines) is 1. The molecule has 0 radical (unpaired) electrons. The Kier molecular flexibility index (Phi) is 12.8. The fourth-order valence-corrected chi connectivity index (χ4v) is 5.07. The van der Waals surface area contributed by atoms with Crippen molar-refractivity contribution in [3.05, 3.63) is 48.0 Å². The van der Waals surface area contributed by atoms with Crippen LogP contribution in [0.15, 0.2) is 36.8 Å². The van der Waals surface area contributed by atoms with Crippen molar-refractivity contribution in [2.45, 2.75) is 69.2 Å². The van der Waals surface area contributed by atoms with Crippen LogP contribution in [-0.4, -0.2) is 110 Å². The molecule has 3 rings (SSSR count). The minimum Gasteiger partial charge on any atom is -0.508 e. The zero-order valence-electron chi connectivity index (χ0n) is 25.6. The highest BCUT2D eigenvalue weighted by atomic mass is 16.3. The van der Waals surface area contributed by atoms with E-state index in [1.54, 1.807) is 12.1 Å². The summed E-state index contributed by atoms with van der Waals surface area (Å²) in [5.74, 6) is -5.54. The minimum atomic E-state index is -1.56. The highest BCUT2D eigenvalue weighted by Gasteiger charge is 2.40. The SMILES string of the molecule is CC(=O)N[C@@H](Cc1ccc(O)cc1)C(=O)N[C@@H](Cc1cnc[nH]1)C(=O)N1CCC[C@H]1C(=O)N[C@@H](CO)C(=O)N[C@@H](CC(N)=O)C(N)=O. The molecule has 11 N–H and O–H groups in total. The Labute approximate surface area is 269 Å². The van der Waals surface area contributed by atoms with Gasteiger partial charge in [-0.2, -0.15) is 0 Å². The third-order valence-corrected chi connectivity index (χ3v) is 7.38. The topological polar surface area (TPSA) is 292 Å². The van der Waals surface area contributed by atoms with E-state index >= 15 is 0 Å². The number of aromatic hydroxyl groups is 1. The molecule has 5 atom stereocenters. The minimum absolute atomic E-state index is 0.0209. The zero-order valence-corrected chi connectivity index (χ0v) is 25.6. The van der Waals surface area contributed by atoms with E-state index in [1.165, 1.54) is 36.5 Å². The number of hydrogen-bond acceptors (Lipinski definition) is 10. The van der Waals surface area contributed by atoms with E-state index in [-0.39, 0.29) is 31.6 Å². The predicted molar refractivity (Wildman–Crippen MR) is 162 cm³/mol. The second kappa shape index (κ2) is 16.7. The van der Waals surface area contributed by atoms with Gasteiger partial charge in [0, 0.05) is 38.2 Å². The standard InChI is InChI=1S/C29H39N9O9/c1-15(40)34-20(9-16-4-6-18(41)7-5-16)26(44)36-21(10-17-12-32-14-33-17)29(47)38-8-2-3-23(38)28(46)37-22(13-39)27(45)35-19(25(31)43)11-24(30)42/h4-7,12,14,19-23,39,41H,2-3,8-11,13H2,1H3,(H2,30,42)(H2,31,43)(H,32,33)(H,34,40)(H,35,45)(H,36,44)(H,37,46)/t19-,20-,21-,22-,23-/m0/s1. The highest BCUT2D eigenvalue weighted by molar-refractivity contribution is 5.97. The predicted octanol–water partition coefficient (Wildman–Crippen LogP) is -3.80. The Balaban J connectivity index is 1.77. The number of amides is 7. The van der Waals surface area contributed by atoms with E-state index in [1.807, 2.05) is 0 Å². The Morgan fingerprint density at radius 1 is 0.936 bits per heavy atom. The van der Waals surface area contributed by atoms with Crippen molar-refractivity contribution in [1.29, 1.82) is 0 Å². The van der Waals surface area contributed by atoms with Crippen LogP contribution < -0.4 is 32.7 Å². The Hall–Kier alpha value is -5.52. The molecular formula is C29H39N9O9. The van der Waals surface area contributed by atoms with E-state index in [0.29, 0.717) is 17.7 Å². The molecule has 254 valence electrons. The number of hydrogen-bond donors (Lipinski definition) is 9. The smallest absolute Gasteiger partial charge is 0.246 e. The summed E-state index contributed by atoms with van der Waals surface area (Å²) in [6, 6.07) is -0.387. The molecule has 1 aliphatic rings. The number of phenolic OH excluding ortho intramolecular Hbond substituents is 1. The number of aromatic amines is 1. The monoisotopic (exact) mass is 657 g/mol. The summed E-state index contributed by atoms with van der Waals surface area (Å²) in [5, 5.41) is 29.2. The molecule has 0 bridgehead atoms. The summed E-state index contributed by atoms with van der Waals surface area (Å²) in [4.78, 5) is 96.3. The first kappa shape index (κ1) is 36.0. The van der Waals surface area contributed by atoms with Gasteiger partial charge >= 0.3 is 0 Å².